The third kappa shape index (κ3) is 0.900. The maximum Gasteiger partial charge on any atom is 0.223 e. The second kappa shape index (κ2) is 2.48. The molecule has 0 aromatic rings. The van der Waals surface area contributed by atoms with Crippen molar-refractivity contribution in [2.24, 2.45) is 23.0 Å². The van der Waals surface area contributed by atoms with Gasteiger partial charge < -0.3 is 5.73 Å². The molecule has 0 bridgehead atoms. The average Bonchev–Trinajstić information content (AvgIpc) is 2.54. The molecule has 0 aliphatic heterocycles. The molecule has 2 heteroatoms. The van der Waals surface area contributed by atoms with Crippen LogP contribution in [-0.4, -0.2) is 5.91 Å². The minimum Gasteiger partial charge on any atom is -0.369 e. The van der Waals surface area contributed by atoms with Crippen LogP contribution in [0.4, 0.5) is 0 Å². The summed E-state index contributed by atoms with van der Waals surface area (Å²) in [6.07, 6.45) is 6.11. The van der Waals surface area contributed by atoms with E-state index in [1.807, 2.05) is 0 Å². The first-order chi connectivity index (χ1) is 5.64. The summed E-state index contributed by atoms with van der Waals surface area (Å²) in [6.45, 7) is 2.06. The molecule has 2 nitrogen and oxygen atoms in total. The van der Waals surface area contributed by atoms with E-state index in [2.05, 4.69) is 6.92 Å². The van der Waals surface area contributed by atoms with Crippen molar-refractivity contribution in [3.05, 3.63) is 0 Å². The Balaban J connectivity index is 2.22. The zero-order valence-corrected chi connectivity index (χ0v) is 7.68. The lowest BCUT2D eigenvalue weighted by Crippen LogP contribution is -2.37. The van der Waals surface area contributed by atoms with Gasteiger partial charge in [-0.3, -0.25) is 4.79 Å². The molecule has 2 saturated carbocycles. The Morgan fingerprint density at radius 2 is 2.17 bits per heavy atom. The summed E-state index contributed by atoms with van der Waals surface area (Å²) in [5, 5.41) is 0. The smallest absolute Gasteiger partial charge is 0.223 e. The first-order valence-electron chi connectivity index (χ1n) is 4.94. The summed E-state index contributed by atoms with van der Waals surface area (Å²) in [4.78, 5) is 11.3. The molecule has 2 aliphatic rings. The minimum absolute atomic E-state index is 0.0723. The third-order valence-electron chi connectivity index (χ3n) is 4.07. The average molecular weight is 167 g/mol. The van der Waals surface area contributed by atoms with Crippen LogP contribution in [0.2, 0.25) is 0 Å². The highest BCUT2D eigenvalue weighted by molar-refractivity contribution is 5.81. The summed E-state index contributed by atoms with van der Waals surface area (Å²) >= 11 is 0. The van der Waals surface area contributed by atoms with Crippen molar-refractivity contribution >= 4 is 5.91 Å². The van der Waals surface area contributed by atoms with Crippen LogP contribution >= 0.6 is 0 Å². The number of rotatable bonds is 1. The molecule has 0 heterocycles. The Labute approximate surface area is 73.5 Å². The molecule has 0 spiro atoms. The van der Waals surface area contributed by atoms with Gasteiger partial charge in [0.25, 0.3) is 0 Å². The molecule has 0 aromatic carbocycles. The number of primary amides is 1. The molecule has 68 valence electrons. The van der Waals surface area contributed by atoms with Crippen LogP contribution in [0.1, 0.15) is 39.0 Å². The predicted octanol–water partition coefficient (Wildman–Crippen LogP) is 1.69. The van der Waals surface area contributed by atoms with Crippen molar-refractivity contribution in [3.8, 4) is 0 Å². The lowest BCUT2D eigenvalue weighted by atomic mass is 9.77. The Kier molecular flexibility index (Phi) is 1.67. The van der Waals surface area contributed by atoms with Gasteiger partial charge in [0.15, 0.2) is 0 Å². The van der Waals surface area contributed by atoms with Crippen LogP contribution in [-0.2, 0) is 4.79 Å². The van der Waals surface area contributed by atoms with Gasteiger partial charge >= 0.3 is 0 Å². The second-order valence-electron chi connectivity index (χ2n) is 4.62. The SMILES string of the molecule is CC1(C(N)=O)CC[C@@H]2CCC[C@@H]21. The summed E-state index contributed by atoms with van der Waals surface area (Å²) < 4.78 is 0. The van der Waals surface area contributed by atoms with Crippen molar-refractivity contribution in [1.82, 2.24) is 0 Å². The minimum atomic E-state index is -0.166. The number of amides is 1. The van der Waals surface area contributed by atoms with Crippen molar-refractivity contribution in [1.29, 1.82) is 0 Å². The molecule has 2 N–H and O–H groups in total. The maximum absolute atomic E-state index is 11.3. The normalized spacial score (nSPS) is 46.1. The van der Waals surface area contributed by atoms with Crippen molar-refractivity contribution in [2.45, 2.75) is 39.0 Å². The van der Waals surface area contributed by atoms with Gasteiger partial charge in [-0.2, -0.15) is 0 Å². The van der Waals surface area contributed by atoms with Gasteiger partial charge in [0, 0.05) is 5.41 Å². The van der Waals surface area contributed by atoms with E-state index in [0.717, 1.165) is 12.3 Å². The third-order valence-corrected chi connectivity index (χ3v) is 4.07. The van der Waals surface area contributed by atoms with Gasteiger partial charge in [-0.15, -0.1) is 0 Å². The first kappa shape index (κ1) is 8.09. The standard InChI is InChI=1S/C10H17NO/c1-10(9(11)12)6-5-7-3-2-4-8(7)10/h7-8H,2-6H2,1H3,(H2,11,12)/t7-,8-,10?/m0/s1. The molecule has 2 aliphatic carbocycles. The molecular formula is C10H17NO. The Bertz CT molecular complexity index is 214. The maximum atomic E-state index is 11.3. The molecule has 1 unspecified atom stereocenters. The predicted molar refractivity (Wildman–Crippen MR) is 47.4 cm³/mol. The topological polar surface area (TPSA) is 43.1 Å². The molecule has 3 atom stereocenters. The zero-order valence-electron chi connectivity index (χ0n) is 7.68. The first-order valence-corrected chi connectivity index (χ1v) is 4.94. The molecule has 0 radical (unpaired) electrons. The van der Waals surface area contributed by atoms with Gasteiger partial charge in [0.05, 0.1) is 0 Å². The zero-order chi connectivity index (χ0) is 8.77. The van der Waals surface area contributed by atoms with E-state index < -0.39 is 0 Å². The van der Waals surface area contributed by atoms with Gasteiger partial charge in [-0.1, -0.05) is 19.8 Å². The second-order valence-corrected chi connectivity index (χ2v) is 4.62. The molecular weight excluding hydrogens is 150 g/mol. The van der Waals surface area contributed by atoms with E-state index in [-0.39, 0.29) is 11.3 Å². The van der Waals surface area contributed by atoms with Gasteiger partial charge in [-0.25, -0.2) is 0 Å². The number of fused-ring (bicyclic) bond motifs is 1. The number of hydrogen-bond acceptors (Lipinski definition) is 1. The van der Waals surface area contributed by atoms with Crippen molar-refractivity contribution in [2.75, 3.05) is 0 Å². The van der Waals surface area contributed by atoms with Gasteiger partial charge in [0.1, 0.15) is 0 Å². The highest BCUT2D eigenvalue weighted by Crippen LogP contribution is 2.54. The number of hydrogen-bond donors (Lipinski definition) is 1. The lowest BCUT2D eigenvalue weighted by Gasteiger charge is -2.27. The molecule has 0 aromatic heterocycles. The van der Waals surface area contributed by atoms with E-state index >= 15 is 0 Å². The molecule has 2 fully saturated rings. The monoisotopic (exact) mass is 167 g/mol. The lowest BCUT2D eigenvalue weighted by molar-refractivity contribution is -0.128. The Hall–Kier alpha value is -0.530. The van der Waals surface area contributed by atoms with E-state index in [9.17, 15) is 4.79 Å². The Morgan fingerprint density at radius 1 is 1.42 bits per heavy atom. The fourth-order valence-electron chi connectivity index (χ4n) is 3.20. The largest absolute Gasteiger partial charge is 0.369 e. The van der Waals surface area contributed by atoms with Gasteiger partial charge in [-0.05, 0) is 31.1 Å². The van der Waals surface area contributed by atoms with E-state index in [4.69, 9.17) is 5.73 Å². The number of carbonyl (C=O) groups excluding carboxylic acids is 1. The molecule has 2 rings (SSSR count). The van der Waals surface area contributed by atoms with Crippen LogP contribution in [0.25, 0.3) is 0 Å². The van der Waals surface area contributed by atoms with E-state index in [1.54, 1.807) is 0 Å². The summed E-state index contributed by atoms with van der Waals surface area (Å²) in [6, 6.07) is 0. The van der Waals surface area contributed by atoms with Gasteiger partial charge in [0.2, 0.25) is 5.91 Å². The van der Waals surface area contributed by atoms with E-state index in [1.165, 1.54) is 25.7 Å². The van der Waals surface area contributed by atoms with Crippen LogP contribution in [0.3, 0.4) is 0 Å². The summed E-state index contributed by atoms with van der Waals surface area (Å²) in [5.41, 5.74) is 5.28. The van der Waals surface area contributed by atoms with Crippen LogP contribution in [0.15, 0.2) is 0 Å². The highest BCUT2D eigenvalue weighted by Gasteiger charge is 2.50. The number of nitrogens with two attached hydrogens (primary N) is 1. The van der Waals surface area contributed by atoms with Crippen LogP contribution in [0, 0.1) is 17.3 Å². The molecule has 12 heavy (non-hydrogen) atoms. The quantitative estimate of drug-likeness (QED) is 0.634. The van der Waals surface area contributed by atoms with E-state index in [0.29, 0.717) is 5.92 Å². The Morgan fingerprint density at radius 3 is 2.83 bits per heavy atom. The number of carbonyl (C=O) groups is 1. The molecule has 0 saturated heterocycles. The van der Waals surface area contributed by atoms with Crippen molar-refractivity contribution < 1.29 is 4.79 Å². The van der Waals surface area contributed by atoms with Crippen molar-refractivity contribution in [3.63, 3.8) is 0 Å². The highest BCUT2D eigenvalue weighted by atomic mass is 16.1. The fraction of sp³-hybridized carbons (Fsp3) is 0.900. The summed E-state index contributed by atoms with van der Waals surface area (Å²) in [5.74, 6) is 1.34. The molecule has 1 amide bonds. The van der Waals surface area contributed by atoms with Crippen LogP contribution < -0.4 is 5.73 Å². The summed E-state index contributed by atoms with van der Waals surface area (Å²) in [7, 11) is 0. The fourth-order valence-corrected chi connectivity index (χ4v) is 3.20. The van der Waals surface area contributed by atoms with Crippen LogP contribution in [0.5, 0.6) is 0 Å².